The summed E-state index contributed by atoms with van der Waals surface area (Å²) in [7, 11) is 0. The molecule has 0 bridgehead atoms. The van der Waals surface area contributed by atoms with Crippen LogP contribution in [0.4, 0.5) is 0 Å². The number of hydrogen-bond donors (Lipinski definition) is 0. The molecule has 0 aromatic carbocycles. The molecule has 0 heterocycles. The standard InChI is InChI=1S/C12H14ClNO2/c1-6(2)9-5-10(16)7(3)11(13)12(9)14-8(4)15/h5-6H,1-4H3. The van der Waals surface area contributed by atoms with Crippen LogP contribution >= 0.6 is 11.6 Å². The number of carbonyl (C=O) groups excluding carboxylic acids is 2. The van der Waals surface area contributed by atoms with Crippen LogP contribution in [0.1, 0.15) is 27.7 Å². The first-order valence-electron chi connectivity index (χ1n) is 5.07. The van der Waals surface area contributed by atoms with Gasteiger partial charge >= 0.3 is 0 Å². The first-order chi connectivity index (χ1) is 7.34. The number of carbonyl (C=O) groups is 2. The van der Waals surface area contributed by atoms with Crippen LogP contribution in [0.3, 0.4) is 0 Å². The SMILES string of the molecule is CC(=O)N=C1C(C(C)C)=CC(=O)C(C)=C1Cl. The lowest BCUT2D eigenvalue weighted by Gasteiger charge is -2.18. The van der Waals surface area contributed by atoms with Gasteiger partial charge in [0.15, 0.2) is 5.78 Å². The summed E-state index contributed by atoms with van der Waals surface area (Å²) >= 11 is 6.05. The van der Waals surface area contributed by atoms with Crippen molar-refractivity contribution in [2.75, 3.05) is 0 Å². The third kappa shape index (κ3) is 2.47. The van der Waals surface area contributed by atoms with Crippen molar-refractivity contribution in [3.8, 4) is 0 Å². The maximum Gasteiger partial charge on any atom is 0.243 e. The van der Waals surface area contributed by atoms with Crippen LogP contribution in [0.15, 0.2) is 27.2 Å². The Morgan fingerprint density at radius 2 is 2.00 bits per heavy atom. The van der Waals surface area contributed by atoms with Gasteiger partial charge in [0, 0.05) is 12.5 Å². The lowest BCUT2D eigenvalue weighted by molar-refractivity contribution is -0.115. The lowest BCUT2D eigenvalue weighted by Crippen LogP contribution is -2.19. The highest BCUT2D eigenvalue weighted by Crippen LogP contribution is 2.27. The highest BCUT2D eigenvalue weighted by atomic mass is 35.5. The first-order valence-corrected chi connectivity index (χ1v) is 5.44. The zero-order valence-corrected chi connectivity index (χ0v) is 10.6. The molecular weight excluding hydrogens is 226 g/mol. The van der Waals surface area contributed by atoms with E-state index in [0.29, 0.717) is 11.3 Å². The van der Waals surface area contributed by atoms with Crippen LogP contribution < -0.4 is 0 Å². The van der Waals surface area contributed by atoms with Gasteiger partial charge in [-0.15, -0.1) is 0 Å². The molecule has 0 atom stereocenters. The fraction of sp³-hybridized carbons (Fsp3) is 0.417. The number of amides is 1. The van der Waals surface area contributed by atoms with Crippen molar-refractivity contribution >= 4 is 29.0 Å². The van der Waals surface area contributed by atoms with Gasteiger partial charge in [0.1, 0.15) is 0 Å². The van der Waals surface area contributed by atoms with Gasteiger partial charge in [0.05, 0.1) is 10.7 Å². The molecule has 1 aliphatic rings. The Labute approximate surface area is 99.9 Å². The molecule has 1 aliphatic carbocycles. The molecule has 0 aromatic rings. The van der Waals surface area contributed by atoms with Crippen molar-refractivity contribution in [3.63, 3.8) is 0 Å². The summed E-state index contributed by atoms with van der Waals surface area (Å²) in [4.78, 5) is 26.5. The first kappa shape index (κ1) is 12.8. The van der Waals surface area contributed by atoms with Crippen molar-refractivity contribution in [2.24, 2.45) is 10.9 Å². The highest BCUT2D eigenvalue weighted by Gasteiger charge is 2.25. The summed E-state index contributed by atoms with van der Waals surface area (Å²) in [5.74, 6) is -0.332. The smallest absolute Gasteiger partial charge is 0.243 e. The zero-order valence-electron chi connectivity index (χ0n) is 9.80. The number of aliphatic imine (C=N–C) groups is 1. The van der Waals surface area contributed by atoms with Crippen LogP contribution in [0.2, 0.25) is 0 Å². The molecule has 0 aromatic heterocycles. The van der Waals surface area contributed by atoms with Crippen LogP contribution in [0.25, 0.3) is 0 Å². The van der Waals surface area contributed by atoms with E-state index in [2.05, 4.69) is 4.99 Å². The van der Waals surface area contributed by atoms with Gasteiger partial charge in [0.25, 0.3) is 0 Å². The lowest BCUT2D eigenvalue weighted by atomic mass is 9.90. The quantitative estimate of drug-likeness (QED) is 0.661. The van der Waals surface area contributed by atoms with Crippen molar-refractivity contribution in [3.05, 3.63) is 22.3 Å². The molecule has 86 valence electrons. The van der Waals surface area contributed by atoms with E-state index in [1.807, 2.05) is 13.8 Å². The van der Waals surface area contributed by atoms with Crippen molar-refractivity contribution in [1.82, 2.24) is 0 Å². The Balaban J connectivity index is 3.35. The molecule has 0 spiro atoms. The Kier molecular flexibility index (Phi) is 3.81. The van der Waals surface area contributed by atoms with Crippen molar-refractivity contribution in [2.45, 2.75) is 27.7 Å². The summed E-state index contributed by atoms with van der Waals surface area (Å²) < 4.78 is 0. The third-order valence-electron chi connectivity index (χ3n) is 2.36. The van der Waals surface area contributed by atoms with Gasteiger partial charge in [0.2, 0.25) is 5.91 Å². The molecule has 16 heavy (non-hydrogen) atoms. The van der Waals surface area contributed by atoms with E-state index in [1.165, 1.54) is 13.0 Å². The molecule has 3 nitrogen and oxygen atoms in total. The Morgan fingerprint density at radius 3 is 2.44 bits per heavy atom. The highest BCUT2D eigenvalue weighted by molar-refractivity contribution is 6.50. The van der Waals surface area contributed by atoms with Gasteiger partial charge in [-0.3, -0.25) is 9.59 Å². The number of halogens is 1. The molecule has 0 saturated heterocycles. The maximum atomic E-state index is 11.6. The third-order valence-corrected chi connectivity index (χ3v) is 2.82. The largest absolute Gasteiger partial charge is 0.290 e. The molecule has 0 fully saturated rings. The number of rotatable bonds is 1. The van der Waals surface area contributed by atoms with Gasteiger partial charge in [-0.2, -0.15) is 0 Å². The van der Waals surface area contributed by atoms with Crippen LogP contribution in [0.5, 0.6) is 0 Å². The van der Waals surface area contributed by atoms with Crippen LogP contribution in [0, 0.1) is 5.92 Å². The monoisotopic (exact) mass is 239 g/mol. The summed E-state index contributed by atoms with van der Waals surface area (Å²) in [6.45, 7) is 6.86. The van der Waals surface area contributed by atoms with Crippen LogP contribution in [-0.4, -0.2) is 17.4 Å². The fourth-order valence-corrected chi connectivity index (χ4v) is 1.69. The predicted molar refractivity (Wildman–Crippen MR) is 64.6 cm³/mol. The van der Waals surface area contributed by atoms with Gasteiger partial charge in [-0.25, -0.2) is 4.99 Å². The maximum absolute atomic E-state index is 11.6. The average molecular weight is 240 g/mol. The molecule has 0 radical (unpaired) electrons. The minimum absolute atomic E-state index is 0.101. The Bertz CT molecular complexity index is 442. The second kappa shape index (κ2) is 4.74. The van der Waals surface area contributed by atoms with Crippen molar-refractivity contribution < 1.29 is 9.59 Å². The normalized spacial score (nSPS) is 19.5. The molecular formula is C12H14ClNO2. The molecule has 1 amide bonds. The molecule has 4 heteroatoms. The van der Waals surface area contributed by atoms with Crippen LogP contribution in [-0.2, 0) is 9.59 Å². The molecule has 0 aliphatic heterocycles. The van der Waals surface area contributed by atoms with E-state index in [1.54, 1.807) is 6.92 Å². The van der Waals surface area contributed by atoms with E-state index in [0.717, 1.165) is 5.57 Å². The molecule has 0 N–H and O–H groups in total. The number of hydrogen-bond acceptors (Lipinski definition) is 2. The second-order valence-electron chi connectivity index (χ2n) is 4.04. The van der Waals surface area contributed by atoms with E-state index in [9.17, 15) is 9.59 Å². The van der Waals surface area contributed by atoms with Gasteiger partial charge in [-0.1, -0.05) is 25.4 Å². The Hall–Kier alpha value is -1.22. The molecule has 0 saturated carbocycles. The zero-order chi connectivity index (χ0) is 12.5. The topological polar surface area (TPSA) is 46.5 Å². The molecule has 1 rings (SSSR count). The minimum atomic E-state index is -0.318. The van der Waals surface area contributed by atoms with E-state index in [4.69, 9.17) is 11.6 Å². The van der Waals surface area contributed by atoms with E-state index < -0.39 is 0 Å². The van der Waals surface area contributed by atoms with Gasteiger partial charge in [-0.05, 0) is 24.5 Å². The summed E-state index contributed by atoms with van der Waals surface area (Å²) in [6.07, 6.45) is 1.51. The summed E-state index contributed by atoms with van der Waals surface area (Å²) in [6, 6.07) is 0. The summed E-state index contributed by atoms with van der Waals surface area (Å²) in [5, 5.41) is 0.284. The number of ketones is 1. The van der Waals surface area contributed by atoms with E-state index >= 15 is 0 Å². The van der Waals surface area contributed by atoms with E-state index in [-0.39, 0.29) is 22.6 Å². The molecule has 0 unspecified atom stereocenters. The van der Waals surface area contributed by atoms with Crippen molar-refractivity contribution in [1.29, 1.82) is 0 Å². The fourth-order valence-electron chi connectivity index (χ4n) is 1.44. The minimum Gasteiger partial charge on any atom is -0.290 e. The predicted octanol–water partition coefficient (Wildman–Crippen LogP) is 2.65. The second-order valence-corrected chi connectivity index (χ2v) is 4.42. The van der Waals surface area contributed by atoms with Gasteiger partial charge < -0.3 is 0 Å². The number of nitrogens with zero attached hydrogens (tertiary/aromatic N) is 1. The average Bonchev–Trinajstić information content (AvgIpc) is 2.17. The summed E-state index contributed by atoms with van der Waals surface area (Å²) in [5.41, 5.74) is 1.59. The number of allylic oxidation sites excluding steroid dienone is 4. The Morgan fingerprint density at radius 1 is 1.44 bits per heavy atom.